The highest BCUT2D eigenvalue weighted by Crippen LogP contribution is 2.22. The standard InChI is InChI=1S/C12H21BrN4/c1-8-5-17(6-9(2)14-8)7-11-12(13)10(3)15-16(11)4/h8-9,14H,5-7H2,1-4H3. The molecule has 2 heterocycles. The van der Waals surface area contributed by atoms with Gasteiger partial charge in [-0.1, -0.05) is 0 Å². The Bertz CT molecular complexity index is 391. The smallest absolute Gasteiger partial charge is 0.0739 e. The van der Waals surface area contributed by atoms with Crippen LogP contribution in [-0.2, 0) is 13.6 Å². The predicted molar refractivity (Wildman–Crippen MR) is 73.0 cm³/mol. The van der Waals surface area contributed by atoms with Crippen molar-refractivity contribution in [3.8, 4) is 0 Å². The summed E-state index contributed by atoms with van der Waals surface area (Å²) in [5, 5.41) is 8.00. The number of nitrogens with one attached hydrogen (secondary N) is 1. The van der Waals surface area contributed by atoms with Crippen LogP contribution in [0, 0.1) is 6.92 Å². The number of piperazine rings is 1. The molecular weight excluding hydrogens is 280 g/mol. The van der Waals surface area contributed by atoms with Gasteiger partial charge in [0.2, 0.25) is 0 Å². The van der Waals surface area contributed by atoms with E-state index in [0.29, 0.717) is 12.1 Å². The second-order valence-electron chi connectivity index (χ2n) is 5.13. The molecule has 2 unspecified atom stereocenters. The van der Waals surface area contributed by atoms with Crippen LogP contribution in [0.4, 0.5) is 0 Å². The van der Waals surface area contributed by atoms with Crippen molar-refractivity contribution in [3.05, 3.63) is 15.9 Å². The van der Waals surface area contributed by atoms with Gasteiger partial charge in [0.25, 0.3) is 0 Å². The molecule has 1 aliphatic rings. The fourth-order valence-electron chi connectivity index (χ4n) is 2.63. The van der Waals surface area contributed by atoms with Crippen molar-refractivity contribution in [3.63, 3.8) is 0 Å². The molecule has 0 spiro atoms. The fourth-order valence-corrected chi connectivity index (χ4v) is 3.09. The molecule has 17 heavy (non-hydrogen) atoms. The van der Waals surface area contributed by atoms with Crippen LogP contribution in [0.5, 0.6) is 0 Å². The summed E-state index contributed by atoms with van der Waals surface area (Å²) in [4.78, 5) is 2.49. The first kappa shape index (κ1) is 13.1. The van der Waals surface area contributed by atoms with Gasteiger partial charge in [-0.3, -0.25) is 9.58 Å². The Kier molecular flexibility index (Phi) is 3.90. The summed E-state index contributed by atoms with van der Waals surface area (Å²) in [5.41, 5.74) is 2.34. The highest BCUT2D eigenvalue weighted by Gasteiger charge is 2.23. The number of rotatable bonds is 2. The van der Waals surface area contributed by atoms with Gasteiger partial charge < -0.3 is 5.32 Å². The van der Waals surface area contributed by atoms with Gasteiger partial charge in [-0.2, -0.15) is 5.10 Å². The lowest BCUT2D eigenvalue weighted by Gasteiger charge is -2.36. The summed E-state index contributed by atoms with van der Waals surface area (Å²) in [6, 6.07) is 1.12. The Hall–Kier alpha value is -0.390. The lowest BCUT2D eigenvalue weighted by Crippen LogP contribution is -2.53. The van der Waals surface area contributed by atoms with E-state index in [1.165, 1.54) is 5.69 Å². The Balaban J connectivity index is 2.10. The maximum atomic E-state index is 4.44. The summed E-state index contributed by atoms with van der Waals surface area (Å²) >= 11 is 3.63. The average Bonchev–Trinajstić information content (AvgIpc) is 2.44. The first-order valence-corrected chi connectivity index (χ1v) is 6.93. The van der Waals surface area contributed by atoms with E-state index in [0.717, 1.165) is 29.8 Å². The van der Waals surface area contributed by atoms with Crippen molar-refractivity contribution >= 4 is 15.9 Å². The third kappa shape index (κ3) is 2.89. The molecule has 4 nitrogen and oxygen atoms in total. The average molecular weight is 301 g/mol. The summed E-state index contributed by atoms with van der Waals surface area (Å²) in [5.74, 6) is 0. The molecule has 0 aromatic carbocycles. The molecule has 0 radical (unpaired) electrons. The van der Waals surface area contributed by atoms with Crippen LogP contribution in [0.1, 0.15) is 25.2 Å². The van der Waals surface area contributed by atoms with Crippen LogP contribution < -0.4 is 5.32 Å². The van der Waals surface area contributed by atoms with E-state index in [1.54, 1.807) is 0 Å². The summed E-state index contributed by atoms with van der Waals surface area (Å²) in [6.45, 7) is 9.69. The van der Waals surface area contributed by atoms with Crippen molar-refractivity contribution in [1.82, 2.24) is 20.0 Å². The third-order valence-electron chi connectivity index (χ3n) is 3.27. The molecule has 1 aromatic rings. The third-order valence-corrected chi connectivity index (χ3v) is 4.30. The lowest BCUT2D eigenvalue weighted by molar-refractivity contribution is 0.163. The highest BCUT2D eigenvalue weighted by molar-refractivity contribution is 9.10. The number of hydrogen-bond donors (Lipinski definition) is 1. The monoisotopic (exact) mass is 300 g/mol. The van der Waals surface area contributed by atoms with Gasteiger partial charge in [-0.25, -0.2) is 0 Å². The van der Waals surface area contributed by atoms with Gasteiger partial charge in [0, 0.05) is 38.8 Å². The zero-order valence-electron chi connectivity index (χ0n) is 11.0. The van der Waals surface area contributed by atoms with Gasteiger partial charge in [0.1, 0.15) is 0 Å². The molecular formula is C12H21BrN4. The Labute approximate surface area is 111 Å². The van der Waals surface area contributed by atoms with Crippen LogP contribution in [0.25, 0.3) is 0 Å². The van der Waals surface area contributed by atoms with Crippen LogP contribution in [0.2, 0.25) is 0 Å². The Morgan fingerprint density at radius 1 is 1.35 bits per heavy atom. The zero-order valence-corrected chi connectivity index (χ0v) is 12.6. The minimum absolute atomic E-state index is 0.562. The molecule has 2 atom stereocenters. The summed E-state index contributed by atoms with van der Waals surface area (Å²) in [7, 11) is 2.02. The highest BCUT2D eigenvalue weighted by atomic mass is 79.9. The van der Waals surface area contributed by atoms with E-state index in [4.69, 9.17) is 0 Å². The lowest BCUT2D eigenvalue weighted by atomic mass is 10.1. The molecule has 5 heteroatoms. The van der Waals surface area contributed by atoms with E-state index in [9.17, 15) is 0 Å². The fraction of sp³-hybridized carbons (Fsp3) is 0.750. The SMILES string of the molecule is Cc1nn(C)c(CN2CC(C)NC(C)C2)c1Br. The van der Waals surface area contributed by atoms with E-state index in [2.05, 4.69) is 45.1 Å². The number of aromatic nitrogens is 2. The molecule has 1 saturated heterocycles. The van der Waals surface area contributed by atoms with Crippen molar-refractivity contribution in [1.29, 1.82) is 0 Å². The van der Waals surface area contributed by atoms with Crippen molar-refractivity contribution in [2.24, 2.45) is 7.05 Å². The Morgan fingerprint density at radius 2 is 1.94 bits per heavy atom. The first-order valence-electron chi connectivity index (χ1n) is 6.13. The first-order chi connectivity index (χ1) is 7.97. The normalized spacial score (nSPS) is 26.4. The Morgan fingerprint density at radius 3 is 2.41 bits per heavy atom. The maximum absolute atomic E-state index is 4.44. The molecule has 1 fully saturated rings. The van der Waals surface area contributed by atoms with Gasteiger partial charge in [-0.15, -0.1) is 0 Å². The molecule has 0 bridgehead atoms. The van der Waals surface area contributed by atoms with Crippen LogP contribution in [0.3, 0.4) is 0 Å². The van der Waals surface area contributed by atoms with E-state index < -0.39 is 0 Å². The topological polar surface area (TPSA) is 33.1 Å². The number of nitrogens with zero attached hydrogens (tertiary/aromatic N) is 3. The molecule has 96 valence electrons. The van der Waals surface area contributed by atoms with Gasteiger partial charge >= 0.3 is 0 Å². The molecule has 0 aliphatic carbocycles. The van der Waals surface area contributed by atoms with Crippen LogP contribution in [-0.4, -0.2) is 39.9 Å². The number of hydrogen-bond acceptors (Lipinski definition) is 3. The van der Waals surface area contributed by atoms with E-state index >= 15 is 0 Å². The summed E-state index contributed by atoms with van der Waals surface area (Å²) < 4.78 is 3.13. The quantitative estimate of drug-likeness (QED) is 0.902. The van der Waals surface area contributed by atoms with Crippen LogP contribution in [0.15, 0.2) is 4.47 Å². The van der Waals surface area contributed by atoms with Crippen molar-refractivity contribution in [2.75, 3.05) is 13.1 Å². The summed E-state index contributed by atoms with van der Waals surface area (Å²) in [6.07, 6.45) is 0. The van der Waals surface area contributed by atoms with E-state index in [1.807, 2.05) is 18.7 Å². The number of aryl methyl sites for hydroxylation is 2. The molecule has 1 N–H and O–H groups in total. The van der Waals surface area contributed by atoms with Gasteiger partial charge in [0.05, 0.1) is 15.9 Å². The largest absolute Gasteiger partial charge is 0.309 e. The van der Waals surface area contributed by atoms with Crippen molar-refractivity contribution in [2.45, 2.75) is 39.4 Å². The predicted octanol–water partition coefficient (Wildman–Crippen LogP) is 1.67. The minimum Gasteiger partial charge on any atom is -0.309 e. The second kappa shape index (κ2) is 5.08. The molecule has 1 aromatic heterocycles. The minimum atomic E-state index is 0.562. The zero-order chi connectivity index (χ0) is 12.6. The molecule has 0 saturated carbocycles. The van der Waals surface area contributed by atoms with Gasteiger partial charge in [0.15, 0.2) is 0 Å². The molecule has 2 rings (SSSR count). The maximum Gasteiger partial charge on any atom is 0.0739 e. The molecule has 1 aliphatic heterocycles. The number of halogens is 1. The van der Waals surface area contributed by atoms with Gasteiger partial charge in [-0.05, 0) is 36.7 Å². The van der Waals surface area contributed by atoms with Crippen LogP contribution >= 0.6 is 15.9 Å². The van der Waals surface area contributed by atoms with Crippen molar-refractivity contribution < 1.29 is 0 Å². The van der Waals surface area contributed by atoms with E-state index in [-0.39, 0.29) is 0 Å². The molecule has 0 amide bonds. The second-order valence-corrected chi connectivity index (χ2v) is 5.93.